The summed E-state index contributed by atoms with van der Waals surface area (Å²) in [6, 6.07) is 12.4. The summed E-state index contributed by atoms with van der Waals surface area (Å²) in [5, 5.41) is 3.25. The number of aromatic nitrogens is 1. The zero-order valence-corrected chi connectivity index (χ0v) is 18.7. The van der Waals surface area contributed by atoms with E-state index in [1.165, 1.54) is 35.8 Å². The summed E-state index contributed by atoms with van der Waals surface area (Å²) in [6.45, 7) is 0. The lowest BCUT2D eigenvalue weighted by atomic mass is 10.3. The Hall–Kier alpha value is -2.14. The van der Waals surface area contributed by atoms with Crippen LogP contribution in [-0.4, -0.2) is 50.6 Å². The molecule has 3 aromatic rings. The van der Waals surface area contributed by atoms with Gasteiger partial charge in [0.25, 0.3) is 0 Å². The minimum atomic E-state index is -3.51. The van der Waals surface area contributed by atoms with E-state index in [0.29, 0.717) is 27.5 Å². The number of carbonyl (C=O) groups is 1. The first kappa shape index (κ1) is 21.6. The first-order chi connectivity index (χ1) is 13.8. The molecule has 0 aliphatic rings. The van der Waals surface area contributed by atoms with E-state index >= 15 is 0 Å². The van der Waals surface area contributed by atoms with Crippen molar-refractivity contribution in [1.29, 1.82) is 0 Å². The topological polar surface area (TPSA) is 88.6 Å². The number of thiazole rings is 1. The highest BCUT2D eigenvalue weighted by molar-refractivity contribution is 7.99. The van der Waals surface area contributed by atoms with Crippen LogP contribution in [0.4, 0.5) is 5.13 Å². The zero-order valence-electron chi connectivity index (χ0n) is 16.2. The molecule has 0 aliphatic carbocycles. The summed E-state index contributed by atoms with van der Waals surface area (Å²) in [4.78, 5) is 17.8. The Labute approximate surface area is 178 Å². The van der Waals surface area contributed by atoms with Crippen LogP contribution in [0.3, 0.4) is 0 Å². The number of rotatable bonds is 8. The number of amides is 1. The zero-order chi connectivity index (χ0) is 21.0. The van der Waals surface area contributed by atoms with E-state index in [9.17, 15) is 13.2 Å². The van der Waals surface area contributed by atoms with Gasteiger partial charge in [0.2, 0.25) is 15.9 Å². The maximum Gasteiger partial charge on any atom is 0.242 e. The summed E-state index contributed by atoms with van der Waals surface area (Å²) in [7, 11) is 1.09. The highest BCUT2D eigenvalue weighted by Gasteiger charge is 2.18. The number of fused-ring (bicyclic) bond motifs is 1. The van der Waals surface area contributed by atoms with Crippen LogP contribution in [0.25, 0.3) is 10.2 Å². The van der Waals surface area contributed by atoms with E-state index in [1.54, 1.807) is 31.0 Å². The van der Waals surface area contributed by atoms with Gasteiger partial charge in [0.15, 0.2) is 5.13 Å². The number of hydrogen-bond acceptors (Lipinski definition) is 7. The average molecular weight is 452 g/mol. The fourth-order valence-electron chi connectivity index (χ4n) is 2.44. The molecule has 1 heterocycles. The fraction of sp³-hybridized carbons (Fsp3) is 0.263. The Balaban J connectivity index is 1.59. The Bertz CT molecular complexity index is 1110. The predicted octanol–water partition coefficient (Wildman–Crippen LogP) is 3.68. The number of methoxy groups -OCH3 is 1. The highest BCUT2D eigenvalue weighted by atomic mass is 32.2. The van der Waals surface area contributed by atoms with Crippen molar-refractivity contribution in [2.45, 2.75) is 16.2 Å². The molecule has 3 rings (SSSR count). The van der Waals surface area contributed by atoms with Gasteiger partial charge in [-0.3, -0.25) is 4.79 Å². The number of hydrogen-bond donors (Lipinski definition) is 1. The highest BCUT2D eigenvalue weighted by Crippen LogP contribution is 2.29. The lowest BCUT2D eigenvalue weighted by Gasteiger charge is -2.10. The van der Waals surface area contributed by atoms with E-state index in [-0.39, 0.29) is 10.8 Å². The van der Waals surface area contributed by atoms with Gasteiger partial charge in [-0.25, -0.2) is 17.7 Å². The van der Waals surface area contributed by atoms with Gasteiger partial charge in [-0.15, -0.1) is 11.8 Å². The summed E-state index contributed by atoms with van der Waals surface area (Å²) < 4.78 is 31.5. The van der Waals surface area contributed by atoms with Crippen molar-refractivity contribution >= 4 is 54.4 Å². The molecule has 29 heavy (non-hydrogen) atoms. The fourth-order valence-corrected chi connectivity index (χ4v) is 5.22. The summed E-state index contributed by atoms with van der Waals surface area (Å²) in [5.41, 5.74) is 0.649. The third-order valence-corrected chi connectivity index (χ3v) is 7.80. The van der Waals surface area contributed by atoms with Gasteiger partial charge < -0.3 is 10.1 Å². The van der Waals surface area contributed by atoms with Crippen LogP contribution in [-0.2, 0) is 14.8 Å². The molecule has 0 atom stereocenters. The van der Waals surface area contributed by atoms with Gasteiger partial charge in [-0.1, -0.05) is 11.3 Å². The van der Waals surface area contributed by atoms with Gasteiger partial charge in [0.1, 0.15) is 5.75 Å². The standard InChI is InChI=1S/C19H21N3O4S3/c1-22(2)29(24,25)15-8-9-16-17(12-15)28-19(20-16)21-18(23)10-11-27-14-6-4-13(26-3)5-7-14/h4-9,12H,10-11H2,1-3H3,(H,20,21,23). The molecule has 0 spiro atoms. The van der Waals surface area contributed by atoms with Crippen LogP contribution < -0.4 is 10.1 Å². The van der Waals surface area contributed by atoms with Gasteiger partial charge in [0, 0.05) is 31.2 Å². The van der Waals surface area contributed by atoms with E-state index in [2.05, 4.69) is 10.3 Å². The summed E-state index contributed by atoms with van der Waals surface area (Å²) >= 11 is 2.84. The number of thioether (sulfide) groups is 1. The molecule has 0 unspecified atom stereocenters. The van der Waals surface area contributed by atoms with E-state index < -0.39 is 10.0 Å². The molecule has 1 aromatic heterocycles. The largest absolute Gasteiger partial charge is 0.497 e. The number of nitrogens with zero attached hydrogens (tertiary/aromatic N) is 2. The predicted molar refractivity (Wildman–Crippen MR) is 117 cm³/mol. The summed E-state index contributed by atoms with van der Waals surface area (Å²) in [6.07, 6.45) is 0.340. The van der Waals surface area contributed by atoms with Crippen LogP contribution in [0.1, 0.15) is 6.42 Å². The molecule has 0 aliphatic heterocycles. The lowest BCUT2D eigenvalue weighted by Crippen LogP contribution is -2.22. The first-order valence-electron chi connectivity index (χ1n) is 8.69. The van der Waals surface area contributed by atoms with Crippen LogP contribution in [0, 0.1) is 0 Å². The van der Waals surface area contributed by atoms with Gasteiger partial charge in [-0.2, -0.15) is 0 Å². The lowest BCUT2D eigenvalue weighted by molar-refractivity contribution is -0.115. The normalized spacial score (nSPS) is 11.7. The Kier molecular flexibility index (Phi) is 6.78. The van der Waals surface area contributed by atoms with Crippen molar-refractivity contribution in [3.63, 3.8) is 0 Å². The maximum atomic E-state index is 12.3. The second-order valence-corrected chi connectivity index (χ2v) is 10.6. The number of anilines is 1. The molecule has 0 saturated carbocycles. The van der Waals surface area contributed by atoms with Gasteiger partial charge >= 0.3 is 0 Å². The van der Waals surface area contributed by atoms with Crippen molar-refractivity contribution in [2.24, 2.45) is 0 Å². The van der Waals surface area contributed by atoms with Crippen LogP contribution >= 0.6 is 23.1 Å². The van der Waals surface area contributed by atoms with Crippen LogP contribution in [0.5, 0.6) is 5.75 Å². The smallest absolute Gasteiger partial charge is 0.242 e. The molecule has 1 amide bonds. The quantitative estimate of drug-likeness (QED) is 0.526. The second kappa shape index (κ2) is 9.12. The molecule has 154 valence electrons. The number of sulfonamides is 1. The van der Waals surface area contributed by atoms with E-state index in [0.717, 1.165) is 10.6 Å². The number of ether oxygens (including phenoxy) is 1. The van der Waals surface area contributed by atoms with Crippen molar-refractivity contribution in [3.8, 4) is 5.75 Å². The molecule has 1 N–H and O–H groups in total. The first-order valence-corrected chi connectivity index (χ1v) is 11.9. The molecular formula is C19H21N3O4S3. The number of benzene rings is 2. The SMILES string of the molecule is COc1ccc(SCCC(=O)Nc2nc3ccc(S(=O)(=O)N(C)C)cc3s2)cc1. The summed E-state index contributed by atoms with van der Waals surface area (Å²) in [5.74, 6) is 1.30. The Morgan fingerprint density at radius 1 is 1.21 bits per heavy atom. The van der Waals surface area contributed by atoms with Crippen LogP contribution in [0.2, 0.25) is 0 Å². The van der Waals surface area contributed by atoms with E-state index in [1.807, 2.05) is 24.3 Å². The molecule has 10 heteroatoms. The molecule has 0 radical (unpaired) electrons. The molecular weight excluding hydrogens is 430 g/mol. The average Bonchev–Trinajstić information content (AvgIpc) is 3.09. The second-order valence-electron chi connectivity index (χ2n) is 6.26. The third kappa shape index (κ3) is 5.27. The van der Waals surface area contributed by atoms with Crippen molar-refractivity contribution in [3.05, 3.63) is 42.5 Å². The minimum Gasteiger partial charge on any atom is -0.497 e. The molecule has 7 nitrogen and oxygen atoms in total. The van der Waals surface area contributed by atoms with Crippen LogP contribution in [0.15, 0.2) is 52.3 Å². The van der Waals surface area contributed by atoms with E-state index in [4.69, 9.17) is 4.74 Å². The van der Waals surface area contributed by atoms with Crippen molar-refractivity contribution in [1.82, 2.24) is 9.29 Å². The molecule has 0 fully saturated rings. The number of nitrogens with one attached hydrogen (secondary N) is 1. The molecule has 0 saturated heterocycles. The molecule has 2 aromatic carbocycles. The van der Waals surface area contributed by atoms with Crippen molar-refractivity contribution < 1.29 is 17.9 Å². The Morgan fingerprint density at radius 3 is 2.59 bits per heavy atom. The monoisotopic (exact) mass is 451 g/mol. The minimum absolute atomic E-state index is 0.133. The molecule has 0 bridgehead atoms. The third-order valence-electron chi connectivity index (χ3n) is 4.04. The number of carbonyl (C=O) groups excluding carboxylic acids is 1. The Morgan fingerprint density at radius 2 is 1.93 bits per heavy atom. The maximum absolute atomic E-state index is 12.3. The van der Waals surface area contributed by atoms with Crippen molar-refractivity contribution in [2.75, 3.05) is 32.3 Å². The van der Waals surface area contributed by atoms with Gasteiger partial charge in [-0.05, 0) is 42.5 Å². The van der Waals surface area contributed by atoms with Gasteiger partial charge in [0.05, 0.1) is 22.2 Å².